The summed E-state index contributed by atoms with van der Waals surface area (Å²) in [6.45, 7) is 6.94. The molecule has 0 bridgehead atoms. The number of benzene rings is 1. The Labute approximate surface area is 188 Å². The Balaban J connectivity index is 1.51. The number of hydrogen-bond acceptors (Lipinski definition) is 4. The van der Waals surface area contributed by atoms with Crippen LogP contribution in [0.15, 0.2) is 65.5 Å². The number of halogens is 2. The number of nitrogens with zero attached hydrogens (tertiary/aromatic N) is 3. The van der Waals surface area contributed by atoms with Crippen LogP contribution >= 0.6 is 11.6 Å². The van der Waals surface area contributed by atoms with E-state index in [-0.39, 0.29) is 5.82 Å². The van der Waals surface area contributed by atoms with E-state index >= 15 is 4.39 Å². The first kappa shape index (κ1) is 21.6. The van der Waals surface area contributed by atoms with Crippen molar-refractivity contribution in [1.29, 1.82) is 0 Å². The topological polar surface area (TPSA) is 41.1 Å². The van der Waals surface area contributed by atoms with E-state index < -0.39 is 5.82 Å². The highest BCUT2D eigenvalue weighted by Gasteiger charge is 2.34. The zero-order valence-corrected chi connectivity index (χ0v) is 18.6. The molecular formula is C25H28ClFN4. The number of nitrogens with one attached hydrogen (secondary N) is 1. The van der Waals surface area contributed by atoms with Crippen LogP contribution in [0.4, 0.5) is 16.0 Å². The second-order valence-corrected chi connectivity index (χ2v) is 8.64. The Bertz CT molecular complexity index is 1010. The van der Waals surface area contributed by atoms with Gasteiger partial charge in [-0.05, 0) is 55.7 Å². The Morgan fingerprint density at radius 2 is 1.97 bits per heavy atom. The van der Waals surface area contributed by atoms with Crippen LogP contribution in [0.3, 0.4) is 0 Å². The van der Waals surface area contributed by atoms with Crippen LogP contribution in [-0.4, -0.2) is 22.6 Å². The summed E-state index contributed by atoms with van der Waals surface area (Å²) in [4.78, 5) is 10.5. The molecule has 31 heavy (non-hydrogen) atoms. The van der Waals surface area contributed by atoms with E-state index in [1.807, 2.05) is 23.1 Å². The number of hydrogen-bond donors (Lipinski definition) is 1. The summed E-state index contributed by atoms with van der Waals surface area (Å²) < 4.78 is 15.4. The Morgan fingerprint density at radius 1 is 1.23 bits per heavy atom. The van der Waals surface area contributed by atoms with Gasteiger partial charge in [0, 0.05) is 24.2 Å². The van der Waals surface area contributed by atoms with E-state index in [9.17, 15) is 0 Å². The maximum atomic E-state index is 15.4. The fourth-order valence-corrected chi connectivity index (χ4v) is 4.20. The van der Waals surface area contributed by atoms with E-state index in [4.69, 9.17) is 11.6 Å². The van der Waals surface area contributed by atoms with Crippen LogP contribution < -0.4 is 10.2 Å². The van der Waals surface area contributed by atoms with Gasteiger partial charge in [0.05, 0.1) is 0 Å². The van der Waals surface area contributed by atoms with Crippen LogP contribution in [-0.2, 0) is 13.0 Å². The molecule has 2 aliphatic rings. The highest BCUT2D eigenvalue weighted by atomic mass is 35.5. The second kappa shape index (κ2) is 9.65. The first-order valence-corrected chi connectivity index (χ1v) is 11.2. The summed E-state index contributed by atoms with van der Waals surface area (Å²) in [5, 5.41) is 3.91. The van der Waals surface area contributed by atoms with Gasteiger partial charge < -0.3 is 10.2 Å². The predicted octanol–water partition coefficient (Wildman–Crippen LogP) is 6.16. The van der Waals surface area contributed by atoms with Gasteiger partial charge in [0.15, 0.2) is 11.6 Å². The van der Waals surface area contributed by atoms with E-state index in [1.54, 1.807) is 0 Å². The molecule has 0 unspecified atom stereocenters. The van der Waals surface area contributed by atoms with E-state index in [2.05, 4.69) is 47.0 Å². The van der Waals surface area contributed by atoms with Gasteiger partial charge in [-0.25, -0.2) is 9.97 Å². The second-order valence-electron chi connectivity index (χ2n) is 8.23. The molecule has 1 N–H and O–H groups in total. The number of anilines is 2. The SMILES string of the molecule is C=CCc1ccc(CNc2ncnc(N(CC3=C(C)CCC=C3Cl)C3CC3)c2F)cc1. The van der Waals surface area contributed by atoms with Crippen molar-refractivity contribution in [1.82, 2.24) is 9.97 Å². The molecule has 1 saturated carbocycles. The van der Waals surface area contributed by atoms with Crippen molar-refractivity contribution in [2.24, 2.45) is 0 Å². The molecule has 1 fully saturated rings. The van der Waals surface area contributed by atoms with Crippen LogP contribution in [0.1, 0.15) is 43.7 Å². The summed E-state index contributed by atoms with van der Waals surface area (Å²) in [5.74, 6) is 0.158. The van der Waals surface area contributed by atoms with E-state index in [1.165, 1.54) is 17.5 Å². The number of aromatic nitrogens is 2. The summed E-state index contributed by atoms with van der Waals surface area (Å²) >= 11 is 6.49. The Hall–Kier alpha value is -2.66. The van der Waals surface area contributed by atoms with Gasteiger partial charge in [-0.2, -0.15) is 4.39 Å². The monoisotopic (exact) mass is 438 g/mol. The van der Waals surface area contributed by atoms with E-state index in [0.29, 0.717) is 24.9 Å². The molecule has 1 heterocycles. The molecule has 0 atom stereocenters. The van der Waals surface area contributed by atoms with Gasteiger partial charge in [0.25, 0.3) is 0 Å². The van der Waals surface area contributed by atoms with Crippen molar-refractivity contribution in [3.8, 4) is 0 Å². The third-order valence-electron chi connectivity index (χ3n) is 5.87. The molecule has 2 aliphatic carbocycles. The summed E-state index contributed by atoms with van der Waals surface area (Å²) in [6.07, 6.45) is 10.2. The van der Waals surface area contributed by atoms with E-state index in [0.717, 1.165) is 48.3 Å². The largest absolute Gasteiger partial charge is 0.363 e. The predicted molar refractivity (Wildman–Crippen MR) is 126 cm³/mol. The third kappa shape index (κ3) is 5.16. The molecule has 4 nitrogen and oxygen atoms in total. The van der Waals surface area contributed by atoms with Gasteiger partial charge >= 0.3 is 0 Å². The third-order valence-corrected chi connectivity index (χ3v) is 6.25. The molecular weight excluding hydrogens is 411 g/mol. The molecule has 0 aliphatic heterocycles. The van der Waals surface area contributed by atoms with Crippen molar-refractivity contribution in [2.45, 2.75) is 51.6 Å². The standard InChI is InChI=1S/C25H28ClFN4/c1-3-5-18-8-10-19(11-9-18)14-28-24-23(27)25(30-16-29-24)31(20-12-13-20)15-21-17(2)6-4-7-22(21)26/h3,7-11,16,20H,1,4-6,12-15H2,2H3,(H,28,29,30). The molecule has 4 rings (SSSR count). The minimum Gasteiger partial charge on any atom is -0.363 e. The summed E-state index contributed by atoms with van der Waals surface area (Å²) in [5.41, 5.74) is 4.62. The normalized spacial score (nSPS) is 16.2. The lowest BCUT2D eigenvalue weighted by atomic mass is 9.98. The van der Waals surface area contributed by atoms with Crippen molar-refractivity contribution in [3.05, 3.63) is 82.4 Å². The Kier molecular flexibility index (Phi) is 6.71. The maximum absolute atomic E-state index is 15.4. The molecule has 2 aromatic rings. The number of allylic oxidation sites excluding steroid dienone is 3. The number of rotatable bonds is 9. The summed E-state index contributed by atoms with van der Waals surface area (Å²) in [7, 11) is 0. The molecule has 0 saturated heterocycles. The highest BCUT2D eigenvalue weighted by molar-refractivity contribution is 6.32. The fourth-order valence-electron chi connectivity index (χ4n) is 3.87. The minimum atomic E-state index is -0.410. The molecule has 0 spiro atoms. The molecule has 0 amide bonds. The first-order valence-electron chi connectivity index (χ1n) is 10.8. The molecule has 1 aromatic heterocycles. The van der Waals surface area contributed by atoms with Crippen LogP contribution in [0.5, 0.6) is 0 Å². The lowest BCUT2D eigenvalue weighted by Gasteiger charge is -2.28. The molecule has 6 heteroatoms. The smallest absolute Gasteiger partial charge is 0.207 e. The van der Waals surface area contributed by atoms with Crippen molar-refractivity contribution in [3.63, 3.8) is 0 Å². The van der Waals surface area contributed by atoms with Crippen molar-refractivity contribution >= 4 is 23.2 Å². The lowest BCUT2D eigenvalue weighted by Crippen LogP contribution is -2.31. The van der Waals surface area contributed by atoms with Crippen LogP contribution in [0, 0.1) is 5.82 Å². The summed E-state index contributed by atoms with van der Waals surface area (Å²) in [6, 6.07) is 8.49. The first-order chi connectivity index (χ1) is 15.1. The van der Waals surface area contributed by atoms with Gasteiger partial charge in [0.2, 0.25) is 5.82 Å². The zero-order valence-electron chi connectivity index (χ0n) is 17.9. The Morgan fingerprint density at radius 3 is 2.65 bits per heavy atom. The van der Waals surface area contributed by atoms with Gasteiger partial charge in [0.1, 0.15) is 6.33 Å². The average Bonchev–Trinajstić information content (AvgIpc) is 3.60. The lowest BCUT2D eigenvalue weighted by molar-refractivity contribution is 0.605. The average molecular weight is 439 g/mol. The quantitative estimate of drug-likeness (QED) is 0.476. The molecule has 1 aromatic carbocycles. The minimum absolute atomic E-state index is 0.224. The van der Waals surface area contributed by atoms with Crippen molar-refractivity contribution in [2.75, 3.05) is 16.8 Å². The van der Waals surface area contributed by atoms with Crippen LogP contribution in [0.2, 0.25) is 0 Å². The van der Waals surface area contributed by atoms with Gasteiger partial charge in [-0.3, -0.25) is 0 Å². The molecule has 0 radical (unpaired) electrons. The fraction of sp³-hybridized carbons (Fsp3) is 0.360. The van der Waals surface area contributed by atoms with Crippen LogP contribution in [0.25, 0.3) is 0 Å². The van der Waals surface area contributed by atoms with Crippen molar-refractivity contribution < 1.29 is 4.39 Å². The maximum Gasteiger partial charge on any atom is 0.207 e. The van der Waals surface area contributed by atoms with Gasteiger partial charge in [-0.15, -0.1) is 6.58 Å². The highest BCUT2D eigenvalue weighted by Crippen LogP contribution is 2.37. The molecule has 162 valence electrons. The van der Waals surface area contributed by atoms with Gasteiger partial charge in [-0.1, -0.05) is 53.6 Å². The zero-order chi connectivity index (χ0) is 21.8.